The Hall–Kier alpha value is 1.02. The van der Waals surface area contributed by atoms with Gasteiger partial charge < -0.3 is 0 Å². The summed E-state index contributed by atoms with van der Waals surface area (Å²) in [4.78, 5) is 0. The second kappa shape index (κ2) is 16.6. The minimum absolute atomic E-state index is 1.82. The zero-order valence-corrected chi connectivity index (χ0v) is 8.07. The molecule has 36 valence electrons. The van der Waals surface area contributed by atoms with E-state index in [2.05, 4.69) is 49.1 Å². The highest BCUT2D eigenvalue weighted by atomic mass is 128. The Morgan fingerprint density at radius 1 is 1.00 bits per heavy atom. The zero-order valence-electron chi connectivity index (χ0n) is 3.76. The Bertz CT molecular complexity index is 42.3. The van der Waals surface area contributed by atoms with E-state index in [0.717, 1.165) is 0 Å². The van der Waals surface area contributed by atoms with Crippen LogP contribution in [0.2, 0.25) is 0 Å². The first-order chi connectivity index (χ1) is 2.91. The standard InChI is InChI=1S/C4H6.I2/c1-3-4-2;1-2/h1-2H3;. The first kappa shape index (κ1) is 10.1. The van der Waals surface area contributed by atoms with Crippen molar-refractivity contribution >= 4 is 37.2 Å². The molecule has 0 bridgehead atoms. The van der Waals surface area contributed by atoms with Gasteiger partial charge in [-0.05, 0) is 13.8 Å². The average Bonchev–Trinajstić information content (AvgIpc) is 1.72. The molecule has 0 spiro atoms. The molecule has 0 fully saturated rings. The van der Waals surface area contributed by atoms with Crippen LogP contribution in [0.5, 0.6) is 0 Å². The molecule has 0 amide bonds. The molecule has 0 heterocycles. The normalized spacial score (nSPS) is 3.33. The Morgan fingerprint density at radius 2 is 1.17 bits per heavy atom. The van der Waals surface area contributed by atoms with E-state index >= 15 is 0 Å². The lowest BCUT2D eigenvalue weighted by atomic mass is 10.7. The highest BCUT2D eigenvalue weighted by Gasteiger charge is 1.26. The molecule has 6 heavy (non-hydrogen) atoms. The molecule has 0 saturated heterocycles. The SMILES string of the molecule is CC#CC.II. The van der Waals surface area contributed by atoms with Gasteiger partial charge >= 0.3 is 0 Å². The lowest BCUT2D eigenvalue weighted by molar-refractivity contribution is 1.83. The van der Waals surface area contributed by atoms with E-state index in [1.165, 1.54) is 0 Å². The molecular formula is C4H6I2. The largest absolute Gasteiger partial charge is 0.107 e. The van der Waals surface area contributed by atoms with Gasteiger partial charge in [0.05, 0.1) is 0 Å². The Labute approximate surface area is 62.4 Å². The van der Waals surface area contributed by atoms with Crippen molar-refractivity contribution in [1.29, 1.82) is 0 Å². The molecular weight excluding hydrogens is 302 g/mol. The molecule has 2 heteroatoms. The van der Waals surface area contributed by atoms with Crippen molar-refractivity contribution in [2.45, 2.75) is 13.8 Å². The van der Waals surface area contributed by atoms with E-state index in [4.69, 9.17) is 0 Å². The minimum Gasteiger partial charge on any atom is -0.107 e. The number of hydrogen-bond donors (Lipinski definition) is 0. The van der Waals surface area contributed by atoms with Gasteiger partial charge in [-0.25, -0.2) is 0 Å². The van der Waals surface area contributed by atoms with Gasteiger partial charge in [-0.1, -0.05) is 0 Å². The van der Waals surface area contributed by atoms with E-state index in [0.29, 0.717) is 0 Å². The van der Waals surface area contributed by atoms with Crippen LogP contribution in [0.3, 0.4) is 0 Å². The quantitative estimate of drug-likeness (QED) is 0.477. The van der Waals surface area contributed by atoms with E-state index < -0.39 is 0 Å². The topological polar surface area (TPSA) is 0 Å². The Balaban J connectivity index is 0. The fraction of sp³-hybridized carbons (Fsp3) is 0.500. The van der Waals surface area contributed by atoms with Gasteiger partial charge in [0.15, 0.2) is 0 Å². The predicted octanol–water partition coefficient (Wildman–Crippen LogP) is 2.80. The third-order valence-electron chi connectivity index (χ3n) is 0.250. The van der Waals surface area contributed by atoms with Crippen LogP contribution in [0.15, 0.2) is 0 Å². The molecule has 0 aliphatic heterocycles. The number of halogens is 2. The first-order valence-electron chi connectivity index (χ1n) is 1.39. The molecule has 0 aromatic rings. The van der Waals surface area contributed by atoms with Crippen molar-refractivity contribution in [3.63, 3.8) is 0 Å². The lowest BCUT2D eigenvalue weighted by Crippen LogP contribution is -1.28. The zero-order chi connectivity index (χ0) is 5.41. The van der Waals surface area contributed by atoms with Crippen molar-refractivity contribution in [1.82, 2.24) is 0 Å². The molecule has 0 nitrogen and oxygen atoms in total. The van der Waals surface area contributed by atoms with Crippen LogP contribution in [0, 0.1) is 11.8 Å². The van der Waals surface area contributed by atoms with Crippen LogP contribution in [-0.4, -0.2) is 0 Å². The molecule has 0 N–H and O–H groups in total. The second-order valence-electron chi connectivity index (χ2n) is 0.500. The summed E-state index contributed by atoms with van der Waals surface area (Å²) >= 11 is 4.24. The molecule has 0 aliphatic rings. The van der Waals surface area contributed by atoms with Crippen LogP contribution in [0.1, 0.15) is 13.8 Å². The summed E-state index contributed by atoms with van der Waals surface area (Å²) in [6.07, 6.45) is 0. The summed E-state index contributed by atoms with van der Waals surface area (Å²) in [6.45, 7) is 3.64. The predicted molar refractivity (Wildman–Crippen MR) is 47.2 cm³/mol. The molecule has 0 rings (SSSR count). The van der Waals surface area contributed by atoms with E-state index in [1.807, 2.05) is 13.8 Å². The molecule has 0 atom stereocenters. The summed E-state index contributed by atoms with van der Waals surface area (Å²) in [5.41, 5.74) is 0. The van der Waals surface area contributed by atoms with Gasteiger partial charge in [-0.3, -0.25) is 0 Å². The van der Waals surface area contributed by atoms with Gasteiger partial charge in [-0.2, -0.15) is 0 Å². The summed E-state index contributed by atoms with van der Waals surface area (Å²) in [5.74, 6) is 5.36. The average molecular weight is 308 g/mol. The fourth-order valence-electron chi connectivity index (χ4n) is 0. The van der Waals surface area contributed by atoms with Gasteiger partial charge in [0, 0.05) is 37.2 Å². The molecule has 0 aromatic carbocycles. The van der Waals surface area contributed by atoms with Gasteiger partial charge in [0.2, 0.25) is 0 Å². The summed E-state index contributed by atoms with van der Waals surface area (Å²) in [7, 11) is 0. The van der Waals surface area contributed by atoms with E-state index in [-0.39, 0.29) is 0 Å². The van der Waals surface area contributed by atoms with Gasteiger partial charge in [0.1, 0.15) is 0 Å². The fourth-order valence-corrected chi connectivity index (χ4v) is 0. The molecule has 0 unspecified atom stereocenters. The maximum Gasteiger partial charge on any atom is 0 e. The van der Waals surface area contributed by atoms with Crippen LogP contribution >= 0.6 is 37.2 Å². The lowest BCUT2D eigenvalue weighted by Gasteiger charge is -1.40. The Morgan fingerprint density at radius 3 is 1.17 bits per heavy atom. The van der Waals surface area contributed by atoms with Crippen molar-refractivity contribution in [3.8, 4) is 11.8 Å². The van der Waals surface area contributed by atoms with Crippen molar-refractivity contribution < 1.29 is 0 Å². The minimum atomic E-state index is 1.82. The van der Waals surface area contributed by atoms with Crippen LogP contribution in [0.4, 0.5) is 0 Å². The molecule has 0 aliphatic carbocycles. The van der Waals surface area contributed by atoms with Crippen LogP contribution in [-0.2, 0) is 0 Å². The van der Waals surface area contributed by atoms with E-state index in [9.17, 15) is 0 Å². The summed E-state index contributed by atoms with van der Waals surface area (Å²) in [5, 5.41) is 0. The molecule has 0 saturated carbocycles. The number of rotatable bonds is 0. The van der Waals surface area contributed by atoms with E-state index in [1.54, 1.807) is 0 Å². The smallest absolute Gasteiger partial charge is 0 e. The van der Waals surface area contributed by atoms with Gasteiger partial charge in [0.25, 0.3) is 0 Å². The van der Waals surface area contributed by atoms with Crippen molar-refractivity contribution in [3.05, 3.63) is 0 Å². The summed E-state index contributed by atoms with van der Waals surface area (Å²) < 4.78 is 0. The third kappa shape index (κ3) is 19.9. The Kier molecular flexibility index (Phi) is 28.0. The van der Waals surface area contributed by atoms with Crippen LogP contribution < -0.4 is 0 Å². The highest BCUT2D eigenvalue weighted by Crippen LogP contribution is 1.89. The number of hydrogen-bond acceptors (Lipinski definition) is 0. The maximum atomic E-state index is 2.68. The van der Waals surface area contributed by atoms with Crippen molar-refractivity contribution in [2.24, 2.45) is 0 Å². The van der Waals surface area contributed by atoms with Gasteiger partial charge in [-0.15, -0.1) is 11.8 Å². The second-order valence-corrected chi connectivity index (χ2v) is 0.500. The summed E-state index contributed by atoms with van der Waals surface area (Å²) in [6, 6.07) is 0. The molecule has 0 radical (unpaired) electrons. The first-order valence-corrected chi connectivity index (χ1v) is 7.68. The van der Waals surface area contributed by atoms with Crippen molar-refractivity contribution in [2.75, 3.05) is 0 Å². The highest BCUT2D eigenvalue weighted by molar-refractivity contribution is 15.0. The third-order valence-corrected chi connectivity index (χ3v) is 0.250. The van der Waals surface area contributed by atoms with Crippen LogP contribution in [0.25, 0.3) is 0 Å². The monoisotopic (exact) mass is 308 g/mol. The molecule has 0 aromatic heterocycles. The maximum absolute atomic E-state index is 2.68.